The van der Waals surface area contributed by atoms with E-state index in [1.807, 2.05) is 18.0 Å². The molecule has 0 amide bonds. The Morgan fingerprint density at radius 3 is 2.94 bits per heavy atom. The zero-order valence-corrected chi connectivity index (χ0v) is 9.52. The molecule has 4 heteroatoms. The zero-order valence-electron chi connectivity index (χ0n) is 9.52. The summed E-state index contributed by atoms with van der Waals surface area (Å²) in [6.07, 6.45) is 8.20. The van der Waals surface area contributed by atoms with E-state index in [4.69, 9.17) is 5.73 Å². The number of likely N-dealkylation sites (N-methyl/N-ethyl adjacent to an activating group) is 1. The van der Waals surface area contributed by atoms with Gasteiger partial charge < -0.3 is 10.6 Å². The van der Waals surface area contributed by atoms with Gasteiger partial charge in [-0.25, -0.2) is 9.38 Å². The summed E-state index contributed by atoms with van der Waals surface area (Å²) in [7, 11) is 1.88. The van der Waals surface area contributed by atoms with Crippen molar-refractivity contribution in [2.45, 2.75) is 13.0 Å². The first-order chi connectivity index (χ1) is 7.54. The number of aliphatic imine (C=N–C) groups is 1. The van der Waals surface area contributed by atoms with Crippen LogP contribution in [0.25, 0.3) is 0 Å². The van der Waals surface area contributed by atoms with Gasteiger partial charge in [-0.2, -0.15) is 0 Å². The van der Waals surface area contributed by atoms with Crippen molar-refractivity contribution in [3.63, 3.8) is 0 Å². The van der Waals surface area contributed by atoms with E-state index in [1.165, 1.54) is 6.08 Å². The molecule has 16 heavy (non-hydrogen) atoms. The summed E-state index contributed by atoms with van der Waals surface area (Å²) in [4.78, 5) is 5.90. The fraction of sp³-hybridized carbons (Fsp3) is 0.250. The van der Waals surface area contributed by atoms with E-state index in [9.17, 15) is 4.39 Å². The molecule has 0 saturated heterocycles. The Hall–Kier alpha value is -1.84. The lowest BCUT2D eigenvalue weighted by Gasteiger charge is -2.23. The van der Waals surface area contributed by atoms with Crippen LogP contribution in [0.2, 0.25) is 0 Å². The molecule has 1 rings (SSSR count). The van der Waals surface area contributed by atoms with E-state index < -0.39 is 0 Å². The molecule has 0 radical (unpaired) electrons. The molecule has 2 N–H and O–H groups in total. The average Bonchev–Trinajstić information content (AvgIpc) is 2.26. The van der Waals surface area contributed by atoms with Crippen LogP contribution in [0.5, 0.6) is 0 Å². The van der Waals surface area contributed by atoms with Crippen LogP contribution >= 0.6 is 0 Å². The van der Waals surface area contributed by atoms with Gasteiger partial charge in [0.15, 0.2) is 0 Å². The van der Waals surface area contributed by atoms with Crippen LogP contribution in [-0.4, -0.2) is 24.2 Å². The van der Waals surface area contributed by atoms with Gasteiger partial charge in [0.2, 0.25) is 0 Å². The van der Waals surface area contributed by atoms with E-state index in [2.05, 4.69) is 11.6 Å². The predicted molar refractivity (Wildman–Crippen MR) is 65.5 cm³/mol. The molecule has 1 atom stereocenters. The van der Waals surface area contributed by atoms with Crippen molar-refractivity contribution in [1.82, 2.24) is 4.90 Å². The summed E-state index contributed by atoms with van der Waals surface area (Å²) < 4.78 is 13.1. The maximum absolute atomic E-state index is 13.1. The van der Waals surface area contributed by atoms with Crippen molar-refractivity contribution in [1.29, 1.82) is 0 Å². The maximum Gasteiger partial charge on any atom is 0.139 e. The monoisotopic (exact) mass is 221 g/mol. The largest absolute Gasteiger partial charge is 0.383 e. The second-order valence-electron chi connectivity index (χ2n) is 3.58. The van der Waals surface area contributed by atoms with Crippen LogP contribution in [0.1, 0.15) is 6.92 Å². The Bertz CT molecular complexity index is 391. The Labute approximate surface area is 95.1 Å². The van der Waals surface area contributed by atoms with Gasteiger partial charge in [-0.15, -0.1) is 0 Å². The van der Waals surface area contributed by atoms with Crippen LogP contribution in [-0.2, 0) is 0 Å². The lowest BCUT2D eigenvalue weighted by molar-refractivity contribution is 0.449. The van der Waals surface area contributed by atoms with E-state index in [-0.39, 0.29) is 11.9 Å². The molecule has 0 saturated carbocycles. The van der Waals surface area contributed by atoms with Crippen LogP contribution in [0, 0.1) is 0 Å². The van der Waals surface area contributed by atoms with Gasteiger partial charge in [0, 0.05) is 19.5 Å². The van der Waals surface area contributed by atoms with Crippen LogP contribution in [0.4, 0.5) is 4.39 Å². The summed E-state index contributed by atoms with van der Waals surface area (Å²) >= 11 is 0. The van der Waals surface area contributed by atoms with Gasteiger partial charge in [-0.1, -0.05) is 18.7 Å². The molecular weight excluding hydrogens is 205 g/mol. The van der Waals surface area contributed by atoms with Gasteiger partial charge in [-0.05, 0) is 18.6 Å². The quantitative estimate of drug-likeness (QED) is 0.742. The predicted octanol–water partition coefficient (Wildman–Crippen LogP) is 2.11. The van der Waals surface area contributed by atoms with E-state index in [0.717, 1.165) is 0 Å². The second kappa shape index (κ2) is 5.30. The molecule has 0 fully saturated rings. The number of rotatable bonds is 3. The van der Waals surface area contributed by atoms with Gasteiger partial charge in [-0.3, -0.25) is 0 Å². The molecule has 0 aliphatic carbocycles. The minimum absolute atomic E-state index is 0.000125. The average molecular weight is 221 g/mol. The highest BCUT2D eigenvalue weighted by Crippen LogP contribution is 2.11. The molecule has 0 aromatic carbocycles. The van der Waals surface area contributed by atoms with Gasteiger partial charge in [0.25, 0.3) is 0 Å². The molecule has 1 unspecified atom stereocenters. The van der Waals surface area contributed by atoms with Crippen LogP contribution in [0.15, 0.2) is 53.2 Å². The highest BCUT2D eigenvalue weighted by atomic mass is 19.1. The molecule has 0 aromatic rings. The highest BCUT2D eigenvalue weighted by molar-refractivity contribution is 5.70. The minimum atomic E-state index is -0.318. The van der Waals surface area contributed by atoms with E-state index in [1.54, 1.807) is 25.4 Å². The van der Waals surface area contributed by atoms with Crippen LogP contribution < -0.4 is 5.73 Å². The fourth-order valence-electron chi connectivity index (χ4n) is 1.26. The summed E-state index contributed by atoms with van der Waals surface area (Å²) in [5.41, 5.74) is 6.07. The Kier molecular flexibility index (Phi) is 4.05. The van der Waals surface area contributed by atoms with Crippen molar-refractivity contribution in [2.24, 2.45) is 10.7 Å². The standard InChI is InChI=1S/C12H16FN3/c1-4-11(13)9(2)5-6-10-7-15-12(14)8-16(10)3/h4-8,10H,1,14H2,2-3H3/b6-5+,11-9-. The molecule has 1 aliphatic heterocycles. The first kappa shape index (κ1) is 12.2. The normalized spacial score (nSPS) is 22.1. The first-order valence-electron chi connectivity index (χ1n) is 4.95. The molecule has 3 nitrogen and oxygen atoms in total. The van der Waals surface area contributed by atoms with Crippen molar-refractivity contribution >= 4 is 6.21 Å². The lowest BCUT2D eigenvalue weighted by Crippen LogP contribution is -2.30. The second-order valence-corrected chi connectivity index (χ2v) is 3.58. The number of halogens is 1. The Balaban J connectivity index is 2.73. The van der Waals surface area contributed by atoms with Gasteiger partial charge >= 0.3 is 0 Å². The summed E-state index contributed by atoms with van der Waals surface area (Å²) in [6.45, 7) is 5.06. The molecule has 1 heterocycles. The number of nitrogens with zero attached hydrogens (tertiary/aromatic N) is 2. The van der Waals surface area contributed by atoms with E-state index >= 15 is 0 Å². The van der Waals surface area contributed by atoms with Crippen molar-refractivity contribution < 1.29 is 4.39 Å². The number of hydrogen-bond acceptors (Lipinski definition) is 3. The maximum atomic E-state index is 13.1. The summed E-state index contributed by atoms with van der Waals surface area (Å²) in [5, 5.41) is 0. The number of allylic oxidation sites excluding steroid dienone is 4. The highest BCUT2D eigenvalue weighted by Gasteiger charge is 2.10. The first-order valence-corrected chi connectivity index (χ1v) is 4.95. The van der Waals surface area contributed by atoms with E-state index in [0.29, 0.717) is 11.4 Å². The van der Waals surface area contributed by atoms with Crippen LogP contribution in [0.3, 0.4) is 0 Å². The van der Waals surface area contributed by atoms with Crippen molar-refractivity contribution in [2.75, 3.05) is 7.05 Å². The SMILES string of the molecule is C=C/C(F)=C(C)/C=C/C1C=NC(N)=CN1C. The minimum Gasteiger partial charge on any atom is -0.383 e. The molecule has 0 bridgehead atoms. The third-order valence-electron chi connectivity index (χ3n) is 2.28. The topological polar surface area (TPSA) is 41.6 Å². The summed E-state index contributed by atoms with van der Waals surface area (Å²) in [5.74, 6) is 0.151. The summed E-state index contributed by atoms with van der Waals surface area (Å²) in [6, 6.07) is -0.000125. The number of hydrogen-bond donors (Lipinski definition) is 1. The number of nitrogens with two attached hydrogens (primary N) is 1. The molecule has 0 aromatic heterocycles. The fourth-order valence-corrected chi connectivity index (χ4v) is 1.26. The Morgan fingerprint density at radius 2 is 2.38 bits per heavy atom. The third-order valence-corrected chi connectivity index (χ3v) is 2.28. The zero-order chi connectivity index (χ0) is 12.1. The molecule has 86 valence electrons. The molecule has 1 aliphatic rings. The van der Waals surface area contributed by atoms with Gasteiger partial charge in [0.1, 0.15) is 11.6 Å². The molecule has 0 spiro atoms. The van der Waals surface area contributed by atoms with Crippen molar-refractivity contribution in [3.8, 4) is 0 Å². The third kappa shape index (κ3) is 3.08. The smallest absolute Gasteiger partial charge is 0.139 e. The molecular formula is C12H16FN3. The lowest BCUT2D eigenvalue weighted by atomic mass is 10.2. The van der Waals surface area contributed by atoms with Gasteiger partial charge in [0.05, 0.1) is 6.04 Å². The van der Waals surface area contributed by atoms with Crippen molar-refractivity contribution in [3.05, 3.63) is 48.2 Å². The Morgan fingerprint density at radius 1 is 1.69 bits per heavy atom.